The molecule has 0 spiro atoms. The van der Waals surface area contributed by atoms with E-state index in [2.05, 4.69) is 6.92 Å². The lowest BCUT2D eigenvalue weighted by atomic mass is 10.3. The van der Waals surface area contributed by atoms with Gasteiger partial charge in [-0.15, -0.1) is 11.3 Å². The van der Waals surface area contributed by atoms with Gasteiger partial charge in [0.2, 0.25) is 10.0 Å². The standard InChI is InChI=1S/C12H20N2O2S3/c1-3-10-8-14(4-5-17-10)19(15,16)12-6-11(7-13)18-9(12)2/h6,10H,3-5,7-8,13H2,1-2H3. The van der Waals surface area contributed by atoms with Crippen LogP contribution >= 0.6 is 23.1 Å². The molecular formula is C12H20N2O2S3. The van der Waals surface area contributed by atoms with Gasteiger partial charge in [0, 0.05) is 40.4 Å². The minimum absolute atomic E-state index is 0.397. The number of hydrogen-bond acceptors (Lipinski definition) is 5. The van der Waals surface area contributed by atoms with E-state index in [0.717, 1.165) is 21.9 Å². The molecule has 2 heterocycles. The maximum Gasteiger partial charge on any atom is 0.244 e. The molecule has 1 aliphatic heterocycles. The summed E-state index contributed by atoms with van der Waals surface area (Å²) in [6.07, 6.45) is 1.01. The van der Waals surface area contributed by atoms with Gasteiger partial charge in [-0.1, -0.05) is 6.92 Å². The summed E-state index contributed by atoms with van der Waals surface area (Å²) < 4.78 is 27.0. The van der Waals surface area contributed by atoms with Crippen molar-refractivity contribution in [2.24, 2.45) is 5.73 Å². The van der Waals surface area contributed by atoms with Crippen LogP contribution < -0.4 is 5.73 Å². The van der Waals surface area contributed by atoms with Crippen LogP contribution in [-0.2, 0) is 16.6 Å². The molecule has 1 unspecified atom stereocenters. The summed E-state index contributed by atoms with van der Waals surface area (Å²) >= 11 is 3.34. The van der Waals surface area contributed by atoms with E-state index in [0.29, 0.717) is 29.8 Å². The van der Waals surface area contributed by atoms with Crippen LogP contribution in [-0.4, -0.2) is 36.8 Å². The maximum atomic E-state index is 12.7. The van der Waals surface area contributed by atoms with Crippen LogP contribution in [0.25, 0.3) is 0 Å². The Labute approximate surface area is 123 Å². The van der Waals surface area contributed by atoms with Crippen LogP contribution in [0.1, 0.15) is 23.1 Å². The van der Waals surface area contributed by atoms with Crippen LogP contribution in [0.2, 0.25) is 0 Å². The quantitative estimate of drug-likeness (QED) is 0.922. The molecule has 0 aromatic carbocycles. The second-order valence-corrected chi connectivity index (χ2v) is 9.26. The topological polar surface area (TPSA) is 63.4 Å². The van der Waals surface area contributed by atoms with Crippen molar-refractivity contribution in [3.05, 3.63) is 15.8 Å². The van der Waals surface area contributed by atoms with Gasteiger partial charge in [0.15, 0.2) is 0 Å². The van der Waals surface area contributed by atoms with Gasteiger partial charge in [-0.05, 0) is 19.4 Å². The third-order valence-corrected chi connectivity index (χ3v) is 7.86. The Bertz CT molecular complexity index is 539. The van der Waals surface area contributed by atoms with Crippen molar-refractivity contribution in [2.45, 2.75) is 37.0 Å². The van der Waals surface area contributed by atoms with Crippen molar-refractivity contribution >= 4 is 33.1 Å². The Morgan fingerprint density at radius 2 is 2.26 bits per heavy atom. The molecule has 0 radical (unpaired) electrons. The van der Waals surface area contributed by atoms with E-state index in [1.165, 1.54) is 11.3 Å². The van der Waals surface area contributed by atoms with E-state index >= 15 is 0 Å². The SMILES string of the molecule is CCC1CN(S(=O)(=O)c2cc(CN)sc2C)CCS1. The predicted molar refractivity (Wildman–Crippen MR) is 82.2 cm³/mol. The smallest absolute Gasteiger partial charge is 0.244 e. The summed E-state index contributed by atoms with van der Waals surface area (Å²) in [6, 6.07) is 1.73. The molecule has 7 heteroatoms. The van der Waals surface area contributed by atoms with E-state index in [4.69, 9.17) is 5.73 Å². The normalized spacial score (nSPS) is 21.7. The third kappa shape index (κ3) is 3.16. The average Bonchev–Trinajstić information content (AvgIpc) is 2.81. The first-order chi connectivity index (χ1) is 8.98. The van der Waals surface area contributed by atoms with Crippen LogP contribution in [0.3, 0.4) is 0 Å². The zero-order valence-corrected chi connectivity index (χ0v) is 13.7. The molecule has 2 N–H and O–H groups in total. The third-order valence-electron chi connectivity index (χ3n) is 3.30. The first-order valence-corrected chi connectivity index (χ1v) is 9.70. The van der Waals surface area contributed by atoms with E-state index in [1.54, 1.807) is 10.4 Å². The number of sulfonamides is 1. The number of nitrogens with zero attached hydrogens (tertiary/aromatic N) is 1. The molecule has 1 aromatic rings. The molecule has 0 bridgehead atoms. The van der Waals surface area contributed by atoms with Gasteiger partial charge >= 0.3 is 0 Å². The van der Waals surface area contributed by atoms with E-state index in [-0.39, 0.29) is 0 Å². The largest absolute Gasteiger partial charge is 0.326 e. The highest BCUT2D eigenvalue weighted by molar-refractivity contribution is 8.00. The Kier molecular flexibility index (Phi) is 4.94. The first kappa shape index (κ1) is 15.3. The molecule has 1 aromatic heterocycles. The van der Waals surface area contributed by atoms with Gasteiger partial charge in [0.05, 0.1) is 4.90 Å². The van der Waals surface area contributed by atoms with Crippen LogP contribution in [0.15, 0.2) is 11.0 Å². The first-order valence-electron chi connectivity index (χ1n) is 6.40. The summed E-state index contributed by atoms with van der Waals surface area (Å²) in [4.78, 5) is 2.21. The molecule has 108 valence electrons. The van der Waals surface area contributed by atoms with Crippen LogP contribution in [0, 0.1) is 6.92 Å². The zero-order valence-electron chi connectivity index (χ0n) is 11.3. The molecule has 1 saturated heterocycles. The van der Waals surface area contributed by atoms with Gasteiger partial charge in [-0.3, -0.25) is 0 Å². The average molecular weight is 321 g/mol. The lowest BCUT2D eigenvalue weighted by molar-refractivity contribution is 0.416. The minimum atomic E-state index is -3.35. The summed E-state index contributed by atoms with van der Waals surface area (Å²) in [5.74, 6) is 0.880. The number of nitrogens with two attached hydrogens (primary N) is 1. The van der Waals surface area contributed by atoms with Crippen LogP contribution in [0.4, 0.5) is 0 Å². The van der Waals surface area contributed by atoms with E-state index in [9.17, 15) is 8.42 Å². The summed E-state index contributed by atoms with van der Waals surface area (Å²) in [5, 5.41) is 0.413. The molecule has 1 atom stereocenters. The van der Waals surface area contributed by atoms with Gasteiger partial charge in [-0.25, -0.2) is 8.42 Å². The van der Waals surface area contributed by atoms with E-state index in [1.807, 2.05) is 18.7 Å². The second kappa shape index (κ2) is 6.13. The molecule has 2 rings (SSSR count). The van der Waals surface area contributed by atoms with Crippen molar-refractivity contribution in [3.63, 3.8) is 0 Å². The molecule has 0 saturated carbocycles. The number of rotatable bonds is 4. The minimum Gasteiger partial charge on any atom is -0.326 e. The molecular weight excluding hydrogens is 300 g/mol. The molecule has 1 fully saturated rings. The Morgan fingerprint density at radius 3 is 2.84 bits per heavy atom. The summed E-state index contributed by atoms with van der Waals surface area (Å²) in [5.41, 5.74) is 5.60. The molecule has 1 aliphatic rings. The van der Waals surface area contributed by atoms with Crippen molar-refractivity contribution in [2.75, 3.05) is 18.8 Å². The number of thioether (sulfide) groups is 1. The second-order valence-electron chi connectivity index (χ2n) is 4.60. The predicted octanol–water partition coefficient (Wildman–Crippen LogP) is 2.03. The lowest BCUT2D eigenvalue weighted by Crippen LogP contribution is -2.41. The fraction of sp³-hybridized carbons (Fsp3) is 0.667. The fourth-order valence-electron chi connectivity index (χ4n) is 2.18. The summed E-state index contributed by atoms with van der Waals surface area (Å²) in [6.45, 7) is 5.59. The number of aryl methyl sites for hydroxylation is 1. The highest BCUT2D eigenvalue weighted by Crippen LogP contribution is 2.31. The Hall–Kier alpha value is -0.0800. The van der Waals surface area contributed by atoms with Gasteiger partial charge in [0.25, 0.3) is 0 Å². The van der Waals surface area contributed by atoms with Crippen molar-refractivity contribution in [3.8, 4) is 0 Å². The fourth-order valence-corrected chi connectivity index (χ4v) is 6.54. The number of thiophene rings is 1. The lowest BCUT2D eigenvalue weighted by Gasteiger charge is -2.31. The van der Waals surface area contributed by atoms with Crippen molar-refractivity contribution < 1.29 is 8.42 Å². The van der Waals surface area contributed by atoms with Crippen LogP contribution in [0.5, 0.6) is 0 Å². The van der Waals surface area contributed by atoms with Gasteiger partial charge in [0.1, 0.15) is 0 Å². The Balaban J connectivity index is 2.28. The molecule has 0 aliphatic carbocycles. The molecule has 0 amide bonds. The highest BCUT2D eigenvalue weighted by Gasteiger charge is 2.31. The molecule has 4 nitrogen and oxygen atoms in total. The summed E-state index contributed by atoms with van der Waals surface area (Å²) in [7, 11) is -3.35. The van der Waals surface area contributed by atoms with Crippen molar-refractivity contribution in [1.29, 1.82) is 0 Å². The van der Waals surface area contributed by atoms with Crippen molar-refractivity contribution in [1.82, 2.24) is 4.31 Å². The highest BCUT2D eigenvalue weighted by atomic mass is 32.2. The molecule has 19 heavy (non-hydrogen) atoms. The monoisotopic (exact) mass is 320 g/mol. The van der Waals surface area contributed by atoms with E-state index < -0.39 is 10.0 Å². The van der Waals surface area contributed by atoms with Gasteiger partial charge < -0.3 is 5.73 Å². The zero-order chi connectivity index (χ0) is 14.0. The van der Waals surface area contributed by atoms with Gasteiger partial charge in [-0.2, -0.15) is 16.1 Å². The maximum absolute atomic E-state index is 12.7. The Morgan fingerprint density at radius 1 is 1.53 bits per heavy atom. The number of hydrogen-bond donors (Lipinski definition) is 1.